The minimum Gasteiger partial charge on any atom is -0.490 e. The van der Waals surface area contributed by atoms with Gasteiger partial charge in [0.05, 0.1) is 6.61 Å². The van der Waals surface area contributed by atoms with Gasteiger partial charge in [-0.3, -0.25) is 0 Å². The number of ether oxygens (including phenoxy) is 1. The first-order valence-electron chi connectivity index (χ1n) is 6.34. The molecule has 0 aliphatic heterocycles. The van der Waals surface area contributed by atoms with E-state index in [2.05, 4.69) is 0 Å². The first-order valence-corrected chi connectivity index (χ1v) is 6.34. The first kappa shape index (κ1) is 11.0. The number of halogens is 2. The van der Waals surface area contributed by atoms with E-state index in [0.717, 1.165) is 18.4 Å². The van der Waals surface area contributed by atoms with Gasteiger partial charge in [-0.2, -0.15) is 0 Å². The average Bonchev–Trinajstić information content (AvgIpc) is 3.12. The van der Waals surface area contributed by atoms with Crippen molar-refractivity contribution >= 4 is 0 Å². The zero-order valence-electron chi connectivity index (χ0n) is 9.72. The zero-order valence-corrected chi connectivity index (χ0v) is 9.72. The van der Waals surface area contributed by atoms with Crippen LogP contribution in [0.1, 0.15) is 43.0 Å². The van der Waals surface area contributed by atoms with Crippen molar-refractivity contribution in [3.8, 4) is 5.75 Å². The molecule has 1 aromatic rings. The summed E-state index contributed by atoms with van der Waals surface area (Å²) in [6.45, 7) is 0.574. The molecule has 92 valence electrons. The fourth-order valence-electron chi connectivity index (χ4n) is 2.42. The fourth-order valence-corrected chi connectivity index (χ4v) is 2.42. The Morgan fingerprint density at radius 2 is 2.06 bits per heavy atom. The van der Waals surface area contributed by atoms with Crippen LogP contribution in [0.2, 0.25) is 0 Å². The smallest absolute Gasteiger partial charge is 0.165 e. The highest BCUT2D eigenvalue weighted by atomic mass is 19.1. The third kappa shape index (κ3) is 2.15. The lowest BCUT2D eigenvalue weighted by Gasteiger charge is -2.22. The standard InChI is InChI=1S/C14H16F2O/c15-12-3-1-2-11-10(12)6-7-13(16)14(11)17-8-9-4-5-9/h6-7,9,12H,1-5,8H2/t12-/m0/s1. The summed E-state index contributed by atoms with van der Waals surface area (Å²) >= 11 is 0. The van der Waals surface area contributed by atoms with Crippen LogP contribution in [-0.2, 0) is 6.42 Å². The van der Waals surface area contributed by atoms with Crippen LogP contribution in [0.5, 0.6) is 5.75 Å². The maximum absolute atomic E-state index is 13.7. The van der Waals surface area contributed by atoms with E-state index >= 15 is 0 Å². The molecule has 1 nitrogen and oxygen atoms in total. The highest BCUT2D eigenvalue weighted by Gasteiger charge is 2.27. The van der Waals surface area contributed by atoms with E-state index in [0.29, 0.717) is 30.3 Å². The Morgan fingerprint density at radius 3 is 2.82 bits per heavy atom. The van der Waals surface area contributed by atoms with Gasteiger partial charge in [-0.1, -0.05) is 6.07 Å². The highest BCUT2D eigenvalue weighted by Crippen LogP contribution is 2.39. The van der Waals surface area contributed by atoms with Crippen molar-refractivity contribution < 1.29 is 13.5 Å². The summed E-state index contributed by atoms with van der Waals surface area (Å²) in [5.74, 6) is 0.533. The number of fused-ring (bicyclic) bond motifs is 1. The molecule has 0 unspecified atom stereocenters. The van der Waals surface area contributed by atoms with E-state index in [1.807, 2.05) is 0 Å². The maximum Gasteiger partial charge on any atom is 0.165 e. The lowest BCUT2D eigenvalue weighted by molar-refractivity contribution is 0.267. The Bertz CT molecular complexity index is 426. The zero-order chi connectivity index (χ0) is 11.8. The van der Waals surface area contributed by atoms with Gasteiger partial charge in [0.1, 0.15) is 6.17 Å². The largest absolute Gasteiger partial charge is 0.490 e. The second-order valence-electron chi connectivity index (χ2n) is 5.06. The Hall–Kier alpha value is -1.12. The SMILES string of the molecule is Fc1ccc2c(c1OCC1CC1)CCC[C@@H]2F. The summed E-state index contributed by atoms with van der Waals surface area (Å²) in [5.41, 5.74) is 1.38. The van der Waals surface area contributed by atoms with Gasteiger partial charge in [-0.05, 0) is 49.7 Å². The summed E-state index contributed by atoms with van der Waals surface area (Å²) in [6, 6.07) is 2.90. The summed E-state index contributed by atoms with van der Waals surface area (Å²) in [7, 11) is 0. The van der Waals surface area contributed by atoms with Crippen LogP contribution in [0.3, 0.4) is 0 Å². The predicted octanol–water partition coefficient (Wildman–Crippen LogP) is 3.96. The monoisotopic (exact) mass is 238 g/mol. The van der Waals surface area contributed by atoms with Crippen LogP contribution in [-0.4, -0.2) is 6.61 Å². The van der Waals surface area contributed by atoms with Gasteiger partial charge in [-0.15, -0.1) is 0 Å². The lowest BCUT2D eigenvalue weighted by atomic mass is 9.89. The highest BCUT2D eigenvalue weighted by molar-refractivity contribution is 5.44. The molecule has 0 heterocycles. The molecular weight excluding hydrogens is 222 g/mol. The van der Waals surface area contributed by atoms with Gasteiger partial charge in [0.2, 0.25) is 0 Å². The van der Waals surface area contributed by atoms with Crippen LogP contribution < -0.4 is 4.74 Å². The fraction of sp³-hybridized carbons (Fsp3) is 0.571. The van der Waals surface area contributed by atoms with Crippen molar-refractivity contribution in [2.24, 2.45) is 5.92 Å². The van der Waals surface area contributed by atoms with E-state index in [9.17, 15) is 8.78 Å². The van der Waals surface area contributed by atoms with E-state index in [4.69, 9.17) is 4.74 Å². The molecule has 1 saturated carbocycles. The van der Waals surface area contributed by atoms with Crippen LogP contribution in [0.25, 0.3) is 0 Å². The molecule has 1 fully saturated rings. The van der Waals surface area contributed by atoms with Gasteiger partial charge < -0.3 is 4.74 Å². The van der Waals surface area contributed by atoms with E-state index in [1.54, 1.807) is 6.07 Å². The van der Waals surface area contributed by atoms with Crippen molar-refractivity contribution in [2.75, 3.05) is 6.61 Å². The van der Waals surface area contributed by atoms with E-state index in [1.165, 1.54) is 18.9 Å². The van der Waals surface area contributed by atoms with Gasteiger partial charge in [0.25, 0.3) is 0 Å². The van der Waals surface area contributed by atoms with E-state index < -0.39 is 6.17 Å². The summed E-state index contributed by atoms with van der Waals surface area (Å²) in [4.78, 5) is 0. The molecule has 2 aliphatic rings. The van der Waals surface area contributed by atoms with E-state index in [-0.39, 0.29) is 5.82 Å². The van der Waals surface area contributed by atoms with Crippen molar-refractivity contribution in [2.45, 2.75) is 38.3 Å². The van der Waals surface area contributed by atoms with Gasteiger partial charge >= 0.3 is 0 Å². The number of alkyl halides is 1. The summed E-state index contributed by atoms with van der Waals surface area (Å²) in [5, 5.41) is 0. The lowest BCUT2D eigenvalue weighted by Crippen LogP contribution is -2.11. The second-order valence-corrected chi connectivity index (χ2v) is 5.06. The summed E-state index contributed by atoms with van der Waals surface area (Å²) in [6.07, 6.45) is 3.43. The Kier molecular flexibility index (Phi) is 2.77. The van der Waals surface area contributed by atoms with Gasteiger partial charge in [0, 0.05) is 5.56 Å². The van der Waals surface area contributed by atoms with Crippen molar-refractivity contribution in [1.29, 1.82) is 0 Å². The molecule has 0 amide bonds. The van der Waals surface area contributed by atoms with Crippen LogP contribution >= 0.6 is 0 Å². The molecule has 3 rings (SSSR count). The quantitative estimate of drug-likeness (QED) is 0.774. The molecule has 1 atom stereocenters. The third-order valence-electron chi connectivity index (χ3n) is 3.63. The minimum absolute atomic E-state index is 0.303. The Balaban J connectivity index is 1.90. The number of benzene rings is 1. The molecule has 1 aromatic carbocycles. The first-order chi connectivity index (χ1) is 8.25. The molecule has 2 aliphatic carbocycles. The molecule has 0 bridgehead atoms. The van der Waals surface area contributed by atoms with Gasteiger partial charge in [-0.25, -0.2) is 8.78 Å². The molecular formula is C14H16F2O. The molecule has 17 heavy (non-hydrogen) atoms. The number of hydrogen-bond donors (Lipinski definition) is 0. The third-order valence-corrected chi connectivity index (χ3v) is 3.63. The van der Waals surface area contributed by atoms with Crippen molar-refractivity contribution in [3.05, 3.63) is 29.1 Å². The minimum atomic E-state index is -0.956. The molecule has 0 aromatic heterocycles. The second kappa shape index (κ2) is 4.28. The van der Waals surface area contributed by atoms with Crippen molar-refractivity contribution in [3.63, 3.8) is 0 Å². The summed E-state index contributed by atoms with van der Waals surface area (Å²) < 4.78 is 33.0. The average molecular weight is 238 g/mol. The maximum atomic E-state index is 13.7. The molecule has 0 saturated heterocycles. The normalized spacial score (nSPS) is 23.3. The van der Waals surface area contributed by atoms with Crippen LogP contribution in [0, 0.1) is 11.7 Å². The Labute approximate surface area is 99.8 Å². The Morgan fingerprint density at radius 1 is 1.24 bits per heavy atom. The van der Waals surface area contributed by atoms with Crippen LogP contribution in [0.4, 0.5) is 8.78 Å². The predicted molar refractivity (Wildman–Crippen MR) is 61.4 cm³/mol. The van der Waals surface area contributed by atoms with Crippen molar-refractivity contribution in [1.82, 2.24) is 0 Å². The van der Waals surface area contributed by atoms with Crippen LogP contribution in [0.15, 0.2) is 12.1 Å². The van der Waals surface area contributed by atoms with Gasteiger partial charge in [0.15, 0.2) is 11.6 Å². The number of hydrogen-bond acceptors (Lipinski definition) is 1. The molecule has 0 radical (unpaired) electrons. The number of rotatable bonds is 3. The molecule has 0 spiro atoms. The molecule has 3 heteroatoms. The topological polar surface area (TPSA) is 9.23 Å². The molecule has 0 N–H and O–H groups in total.